The fourth-order valence-electron chi connectivity index (χ4n) is 3.83. The van der Waals surface area contributed by atoms with Gasteiger partial charge in [-0.15, -0.1) is 0 Å². The zero-order valence-electron chi connectivity index (χ0n) is 20.0. The summed E-state index contributed by atoms with van der Waals surface area (Å²) < 4.78 is 0. The number of nitrogens with zero attached hydrogens (tertiary/aromatic N) is 2. The van der Waals surface area contributed by atoms with Gasteiger partial charge >= 0.3 is 5.97 Å². The van der Waals surface area contributed by atoms with E-state index in [2.05, 4.69) is 10.6 Å². The van der Waals surface area contributed by atoms with E-state index < -0.39 is 48.7 Å². The van der Waals surface area contributed by atoms with Crippen molar-refractivity contribution in [1.82, 2.24) is 10.6 Å². The van der Waals surface area contributed by atoms with Crippen LogP contribution in [0.5, 0.6) is 0 Å². The van der Waals surface area contributed by atoms with Gasteiger partial charge in [-0.05, 0) is 23.8 Å². The smallest absolute Gasteiger partial charge is 0.305 e. The number of aliphatic carboxylic acids is 1. The molecule has 3 rings (SSSR count). The number of carbonyl (C=O) groups is 6. The third-order valence-corrected chi connectivity index (χ3v) is 5.52. The van der Waals surface area contributed by atoms with Crippen molar-refractivity contribution in [3.05, 3.63) is 66.2 Å². The largest absolute Gasteiger partial charge is 0.481 e. The first-order valence-corrected chi connectivity index (χ1v) is 11.4. The van der Waals surface area contributed by atoms with Crippen LogP contribution in [0, 0.1) is 0 Å². The van der Waals surface area contributed by atoms with Gasteiger partial charge in [0.05, 0.1) is 30.4 Å². The molecule has 2 atom stereocenters. The summed E-state index contributed by atoms with van der Waals surface area (Å²) in [6, 6.07) is 13.0. The minimum atomic E-state index is -1.28. The molecule has 11 heteroatoms. The molecular formula is C26H26N4O7. The zero-order valence-corrected chi connectivity index (χ0v) is 20.0. The number of carboxylic acids is 1. The molecule has 2 aromatic rings. The van der Waals surface area contributed by atoms with Crippen molar-refractivity contribution in [2.24, 2.45) is 0 Å². The van der Waals surface area contributed by atoms with Crippen LogP contribution in [-0.4, -0.2) is 66.2 Å². The van der Waals surface area contributed by atoms with Crippen molar-refractivity contribution in [3.63, 3.8) is 0 Å². The second kappa shape index (κ2) is 12.2. The van der Waals surface area contributed by atoms with E-state index in [0.29, 0.717) is 12.0 Å². The first-order chi connectivity index (χ1) is 17.7. The Hall–Kier alpha value is -4.80. The van der Waals surface area contributed by atoms with E-state index in [1.807, 2.05) is 18.2 Å². The maximum absolute atomic E-state index is 13.6. The molecular weight excluding hydrogens is 480 g/mol. The number of fused-ring (bicyclic) bond motifs is 1. The van der Waals surface area contributed by atoms with Gasteiger partial charge < -0.3 is 25.4 Å². The van der Waals surface area contributed by atoms with E-state index in [1.54, 1.807) is 42.5 Å². The Balaban J connectivity index is 1.88. The van der Waals surface area contributed by atoms with Crippen molar-refractivity contribution < 1.29 is 33.9 Å². The SMILES string of the molecule is CC(=O)N1C[C@H](NC(=O)/C=C/c2ccccc2)C(=O)N(CC(=O)N[C@H](C=O)CC(=O)O)c2ccccc21. The molecule has 0 fully saturated rings. The Morgan fingerprint density at radius 3 is 2.32 bits per heavy atom. The lowest BCUT2D eigenvalue weighted by Gasteiger charge is -2.25. The molecule has 11 nitrogen and oxygen atoms in total. The van der Waals surface area contributed by atoms with Gasteiger partial charge in [0.1, 0.15) is 18.9 Å². The summed E-state index contributed by atoms with van der Waals surface area (Å²) >= 11 is 0. The van der Waals surface area contributed by atoms with Crippen LogP contribution in [0.4, 0.5) is 11.4 Å². The van der Waals surface area contributed by atoms with Crippen LogP contribution >= 0.6 is 0 Å². The third kappa shape index (κ3) is 7.10. The van der Waals surface area contributed by atoms with Crippen molar-refractivity contribution in [1.29, 1.82) is 0 Å². The summed E-state index contributed by atoms with van der Waals surface area (Å²) in [5, 5.41) is 13.8. The first-order valence-electron chi connectivity index (χ1n) is 11.4. The topological polar surface area (TPSA) is 153 Å². The van der Waals surface area contributed by atoms with Crippen molar-refractivity contribution in [3.8, 4) is 0 Å². The Morgan fingerprint density at radius 1 is 1.05 bits per heavy atom. The van der Waals surface area contributed by atoms with Gasteiger partial charge in [0.15, 0.2) is 0 Å². The number of carboxylic acid groups (broad SMARTS) is 1. The number of hydrogen-bond acceptors (Lipinski definition) is 6. The lowest BCUT2D eigenvalue weighted by atomic mass is 10.2. The number of benzene rings is 2. The monoisotopic (exact) mass is 506 g/mol. The second-order valence-electron chi connectivity index (χ2n) is 8.26. The third-order valence-electron chi connectivity index (χ3n) is 5.52. The number of nitrogens with one attached hydrogen (secondary N) is 2. The van der Waals surface area contributed by atoms with E-state index in [1.165, 1.54) is 17.9 Å². The lowest BCUT2D eigenvalue weighted by Crippen LogP contribution is -2.54. The van der Waals surface area contributed by atoms with Crippen LogP contribution in [0.25, 0.3) is 6.08 Å². The lowest BCUT2D eigenvalue weighted by molar-refractivity contribution is -0.139. The summed E-state index contributed by atoms with van der Waals surface area (Å²) in [6.07, 6.45) is 2.51. The van der Waals surface area contributed by atoms with E-state index in [0.717, 1.165) is 10.5 Å². The molecule has 1 aliphatic rings. The average molecular weight is 507 g/mol. The Bertz CT molecular complexity index is 1230. The molecule has 0 bridgehead atoms. The number of carbonyl (C=O) groups excluding carboxylic acids is 5. The van der Waals surface area contributed by atoms with Gasteiger partial charge in [0.25, 0.3) is 5.91 Å². The molecule has 3 N–H and O–H groups in total. The standard InChI is InChI=1S/C26H26N4O7/c1-17(32)29-14-20(28-23(33)12-11-18-7-3-2-4-8-18)26(37)30(22-10-6-5-9-21(22)29)15-24(34)27-19(16-31)13-25(35)36/h2-12,16,19-20H,13-15H2,1H3,(H,27,34)(H,28,33)(H,35,36)/b12-11+/t19-,20-/m0/s1. The molecule has 1 heterocycles. The molecule has 0 spiro atoms. The molecule has 37 heavy (non-hydrogen) atoms. The summed E-state index contributed by atoms with van der Waals surface area (Å²) in [5.41, 5.74) is 1.37. The summed E-state index contributed by atoms with van der Waals surface area (Å²) in [5.74, 6) is -3.69. The molecule has 0 unspecified atom stereocenters. The van der Waals surface area contributed by atoms with Gasteiger partial charge in [-0.3, -0.25) is 28.9 Å². The average Bonchev–Trinajstić information content (AvgIpc) is 2.98. The van der Waals surface area contributed by atoms with Gasteiger partial charge in [0, 0.05) is 13.0 Å². The van der Waals surface area contributed by atoms with Gasteiger partial charge in [0.2, 0.25) is 17.7 Å². The zero-order chi connectivity index (χ0) is 26.9. The van der Waals surface area contributed by atoms with E-state index in [-0.39, 0.29) is 18.1 Å². The molecule has 4 amide bonds. The highest BCUT2D eigenvalue weighted by atomic mass is 16.4. The molecule has 192 valence electrons. The molecule has 2 aromatic carbocycles. The Morgan fingerprint density at radius 2 is 1.70 bits per heavy atom. The van der Waals surface area contributed by atoms with Crippen LogP contribution in [0.15, 0.2) is 60.7 Å². The quantitative estimate of drug-likeness (QED) is 0.335. The Kier molecular flexibility index (Phi) is 8.87. The molecule has 0 aliphatic carbocycles. The second-order valence-corrected chi connectivity index (χ2v) is 8.26. The number of aldehydes is 1. The van der Waals surface area contributed by atoms with Crippen LogP contribution in [0.2, 0.25) is 0 Å². The van der Waals surface area contributed by atoms with Crippen LogP contribution in [-0.2, 0) is 28.8 Å². The minimum absolute atomic E-state index is 0.176. The number of amides is 4. The normalized spacial score (nSPS) is 15.9. The predicted octanol–water partition coefficient (Wildman–Crippen LogP) is 0.743. The van der Waals surface area contributed by atoms with Crippen LogP contribution in [0.3, 0.4) is 0 Å². The predicted molar refractivity (Wildman–Crippen MR) is 134 cm³/mol. The van der Waals surface area contributed by atoms with Crippen molar-refractivity contribution in [2.45, 2.75) is 25.4 Å². The van der Waals surface area contributed by atoms with Crippen LogP contribution < -0.4 is 20.4 Å². The van der Waals surface area contributed by atoms with E-state index >= 15 is 0 Å². The van der Waals surface area contributed by atoms with Crippen molar-refractivity contribution in [2.75, 3.05) is 22.9 Å². The van der Waals surface area contributed by atoms with Crippen LogP contribution in [0.1, 0.15) is 18.9 Å². The maximum Gasteiger partial charge on any atom is 0.305 e. The highest BCUT2D eigenvalue weighted by molar-refractivity contribution is 6.10. The molecule has 0 radical (unpaired) electrons. The number of rotatable bonds is 9. The molecule has 0 aromatic heterocycles. The number of para-hydroxylation sites is 2. The fraction of sp³-hybridized carbons (Fsp3) is 0.231. The summed E-state index contributed by atoms with van der Waals surface area (Å²) in [7, 11) is 0. The highest BCUT2D eigenvalue weighted by Gasteiger charge is 2.36. The minimum Gasteiger partial charge on any atom is -0.481 e. The summed E-state index contributed by atoms with van der Waals surface area (Å²) in [6.45, 7) is 0.570. The molecule has 0 saturated carbocycles. The number of anilines is 2. The number of hydrogen-bond donors (Lipinski definition) is 3. The highest BCUT2D eigenvalue weighted by Crippen LogP contribution is 2.32. The van der Waals surface area contributed by atoms with Gasteiger partial charge in [-0.25, -0.2) is 0 Å². The van der Waals surface area contributed by atoms with E-state index in [4.69, 9.17) is 5.11 Å². The van der Waals surface area contributed by atoms with Gasteiger partial charge in [-0.1, -0.05) is 42.5 Å². The molecule has 1 aliphatic heterocycles. The van der Waals surface area contributed by atoms with Gasteiger partial charge in [-0.2, -0.15) is 0 Å². The fourth-order valence-corrected chi connectivity index (χ4v) is 3.83. The summed E-state index contributed by atoms with van der Waals surface area (Å²) in [4.78, 5) is 75.9. The van der Waals surface area contributed by atoms with Crippen molar-refractivity contribution >= 4 is 53.3 Å². The Labute approximate surface area is 212 Å². The van der Waals surface area contributed by atoms with E-state index in [9.17, 15) is 28.8 Å². The molecule has 0 saturated heterocycles. The maximum atomic E-state index is 13.6. The first kappa shape index (κ1) is 26.8.